The summed E-state index contributed by atoms with van der Waals surface area (Å²) in [6.07, 6.45) is 5.95. The van der Waals surface area contributed by atoms with Gasteiger partial charge in [0.2, 0.25) is 0 Å². The van der Waals surface area contributed by atoms with Crippen LogP contribution in [-0.4, -0.2) is 47.1 Å². The fourth-order valence-electron chi connectivity index (χ4n) is 6.02. The van der Waals surface area contributed by atoms with Crippen molar-refractivity contribution in [3.63, 3.8) is 0 Å². The van der Waals surface area contributed by atoms with Crippen LogP contribution in [0.25, 0.3) is 0 Å². The molecule has 4 rings (SSSR count). The summed E-state index contributed by atoms with van der Waals surface area (Å²) in [5.74, 6) is -0.905. The topological polar surface area (TPSA) is 93.1 Å². The van der Waals surface area contributed by atoms with Gasteiger partial charge in [-0.25, -0.2) is 4.79 Å². The second kappa shape index (κ2) is 8.21. The summed E-state index contributed by atoms with van der Waals surface area (Å²) in [5.41, 5.74) is 0.773. The van der Waals surface area contributed by atoms with Crippen molar-refractivity contribution in [2.24, 2.45) is 35.5 Å². The normalized spacial score (nSPS) is 39.9. The number of aliphatic hydroxyl groups is 2. The number of allylic oxidation sites excluding steroid dienone is 3. The summed E-state index contributed by atoms with van der Waals surface area (Å²) in [6.45, 7) is 10.2. The molecule has 0 amide bonds. The second-order valence-corrected chi connectivity index (χ2v) is 10.2. The molecule has 3 fully saturated rings. The van der Waals surface area contributed by atoms with Crippen molar-refractivity contribution >= 4 is 11.9 Å². The molecule has 2 saturated carbocycles. The van der Waals surface area contributed by atoms with E-state index < -0.39 is 36.2 Å². The lowest BCUT2D eigenvalue weighted by atomic mass is 9.80. The fraction of sp³-hybridized carbons (Fsp3) is 0.680. The van der Waals surface area contributed by atoms with Crippen LogP contribution in [0.4, 0.5) is 0 Å². The molecule has 0 aromatic rings. The first-order chi connectivity index (χ1) is 14.6. The van der Waals surface area contributed by atoms with Crippen LogP contribution in [0.5, 0.6) is 0 Å². The predicted molar refractivity (Wildman–Crippen MR) is 115 cm³/mol. The van der Waals surface area contributed by atoms with Crippen LogP contribution in [0.1, 0.15) is 46.5 Å². The van der Waals surface area contributed by atoms with E-state index in [1.54, 1.807) is 0 Å². The van der Waals surface area contributed by atoms with Gasteiger partial charge in [0.15, 0.2) is 0 Å². The quantitative estimate of drug-likeness (QED) is 0.526. The Kier molecular flexibility index (Phi) is 5.90. The van der Waals surface area contributed by atoms with Crippen molar-refractivity contribution in [1.29, 1.82) is 0 Å². The Hall–Kier alpha value is -1.92. The Bertz CT molecular complexity index is 839. The van der Waals surface area contributed by atoms with Crippen molar-refractivity contribution in [2.45, 2.75) is 58.2 Å². The maximum atomic E-state index is 13.1. The van der Waals surface area contributed by atoms with Crippen LogP contribution >= 0.6 is 0 Å². The van der Waals surface area contributed by atoms with Gasteiger partial charge >= 0.3 is 11.9 Å². The molecule has 2 N–H and O–H groups in total. The summed E-state index contributed by atoms with van der Waals surface area (Å²) in [5, 5.41) is 21.7. The number of rotatable bonds is 4. The molecule has 1 aliphatic heterocycles. The van der Waals surface area contributed by atoms with Gasteiger partial charge in [0.1, 0.15) is 18.8 Å². The number of carbonyl (C=O) groups is 2. The highest BCUT2D eigenvalue weighted by molar-refractivity contribution is 5.90. The van der Waals surface area contributed by atoms with Gasteiger partial charge in [-0.2, -0.15) is 0 Å². The molecule has 31 heavy (non-hydrogen) atoms. The van der Waals surface area contributed by atoms with Crippen LogP contribution in [-0.2, 0) is 19.1 Å². The summed E-state index contributed by atoms with van der Waals surface area (Å²) in [4.78, 5) is 25.5. The molecule has 6 heteroatoms. The third-order valence-corrected chi connectivity index (χ3v) is 8.11. The highest BCUT2D eigenvalue weighted by Crippen LogP contribution is 2.48. The molecule has 6 nitrogen and oxygen atoms in total. The van der Waals surface area contributed by atoms with Crippen molar-refractivity contribution in [3.8, 4) is 0 Å². The Morgan fingerprint density at radius 3 is 2.77 bits per heavy atom. The van der Waals surface area contributed by atoms with Gasteiger partial charge in [0.05, 0.1) is 12.0 Å². The monoisotopic (exact) mass is 430 g/mol. The first kappa shape index (κ1) is 22.3. The highest BCUT2D eigenvalue weighted by Gasteiger charge is 2.60. The SMILES string of the molecule is C=C1COC(=O)[C@@H]2[C@H]1C[C@H](O)[C@@]2(O)COC(=O)C1=CC=C(C(C)C)C[C@@H]2[C@H](C)CC[C@H]12. The number of fused-ring (bicyclic) bond motifs is 2. The zero-order chi connectivity index (χ0) is 22.5. The first-order valence-corrected chi connectivity index (χ1v) is 11.5. The van der Waals surface area contributed by atoms with E-state index in [2.05, 4.69) is 27.4 Å². The molecule has 0 unspecified atom stereocenters. The number of hydrogen-bond donors (Lipinski definition) is 2. The van der Waals surface area contributed by atoms with E-state index in [1.165, 1.54) is 5.57 Å². The molecular weight excluding hydrogens is 396 g/mol. The van der Waals surface area contributed by atoms with Gasteiger partial charge < -0.3 is 19.7 Å². The van der Waals surface area contributed by atoms with E-state index in [4.69, 9.17) is 9.47 Å². The van der Waals surface area contributed by atoms with E-state index in [-0.39, 0.29) is 24.9 Å². The molecule has 0 spiro atoms. The van der Waals surface area contributed by atoms with E-state index >= 15 is 0 Å². The van der Waals surface area contributed by atoms with Gasteiger partial charge in [-0.1, -0.05) is 45.1 Å². The van der Waals surface area contributed by atoms with Crippen LogP contribution in [0.3, 0.4) is 0 Å². The van der Waals surface area contributed by atoms with Gasteiger partial charge in [-0.3, -0.25) is 4.79 Å². The molecular formula is C25H34O6. The van der Waals surface area contributed by atoms with Crippen molar-refractivity contribution in [2.75, 3.05) is 13.2 Å². The number of cyclic esters (lactones) is 1. The summed E-state index contributed by atoms with van der Waals surface area (Å²) in [6, 6.07) is 0. The number of hydrogen-bond acceptors (Lipinski definition) is 6. The summed E-state index contributed by atoms with van der Waals surface area (Å²) < 4.78 is 10.7. The highest BCUT2D eigenvalue weighted by atomic mass is 16.6. The van der Waals surface area contributed by atoms with Gasteiger partial charge in [0, 0.05) is 11.5 Å². The predicted octanol–water partition coefficient (Wildman–Crippen LogP) is 2.95. The lowest BCUT2D eigenvalue weighted by Crippen LogP contribution is -2.53. The Morgan fingerprint density at radius 2 is 2.06 bits per heavy atom. The molecule has 0 aromatic heterocycles. The molecule has 0 bridgehead atoms. The van der Waals surface area contributed by atoms with Gasteiger partial charge in [-0.05, 0) is 54.9 Å². The van der Waals surface area contributed by atoms with Crippen molar-refractivity contribution in [1.82, 2.24) is 0 Å². The number of carbonyl (C=O) groups excluding carboxylic acids is 2. The van der Waals surface area contributed by atoms with Crippen molar-refractivity contribution in [3.05, 3.63) is 35.5 Å². The van der Waals surface area contributed by atoms with E-state index in [0.29, 0.717) is 28.9 Å². The average Bonchev–Trinajstić information content (AvgIpc) is 3.12. The Labute approximate surface area is 184 Å². The maximum absolute atomic E-state index is 13.1. The summed E-state index contributed by atoms with van der Waals surface area (Å²) >= 11 is 0. The van der Waals surface area contributed by atoms with Crippen LogP contribution in [0.2, 0.25) is 0 Å². The summed E-state index contributed by atoms with van der Waals surface area (Å²) in [7, 11) is 0. The average molecular weight is 431 g/mol. The molecule has 0 radical (unpaired) electrons. The zero-order valence-corrected chi connectivity index (χ0v) is 18.7. The molecule has 1 heterocycles. The zero-order valence-electron chi connectivity index (χ0n) is 18.7. The molecule has 3 aliphatic carbocycles. The molecule has 7 atom stereocenters. The standard InChI is InChI=1S/C25H34O6/c1-13(2)16-6-8-18(17-7-5-14(3)19(17)9-16)23(27)31-12-25(29)21(26)10-20-15(4)11-30-24(28)22(20)25/h6,8,13-14,17,19-22,26,29H,4-5,7,9-12H2,1-3H3/t14-,17-,19-,20+,21+,22+,25+/m1/s1. The van der Waals surface area contributed by atoms with E-state index in [1.807, 2.05) is 12.2 Å². The van der Waals surface area contributed by atoms with Gasteiger partial charge in [-0.15, -0.1) is 0 Å². The minimum atomic E-state index is -1.87. The maximum Gasteiger partial charge on any atom is 0.334 e. The van der Waals surface area contributed by atoms with E-state index in [0.717, 1.165) is 19.3 Å². The number of aliphatic hydroxyl groups excluding tert-OH is 1. The van der Waals surface area contributed by atoms with E-state index in [9.17, 15) is 19.8 Å². The molecule has 1 saturated heterocycles. The Balaban J connectivity index is 1.53. The second-order valence-electron chi connectivity index (χ2n) is 10.2. The van der Waals surface area contributed by atoms with Crippen LogP contribution < -0.4 is 0 Å². The van der Waals surface area contributed by atoms with Crippen LogP contribution in [0, 0.1) is 35.5 Å². The number of esters is 2. The lowest BCUT2D eigenvalue weighted by Gasteiger charge is -2.35. The largest absolute Gasteiger partial charge is 0.461 e. The molecule has 170 valence electrons. The smallest absolute Gasteiger partial charge is 0.334 e. The lowest BCUT2D eigenvalue weighted by molar-refractivity contribution is -0.179. The molecule has 0 aromatic carbocycles. The third-order valence-electron chi connectivity index (χ3n) is 8.11. The van der Waals surface area contributed by atoms with Crippen molar-refractivity contribution < 1.29 is 29.3 Å². The minimum absolute atomic E-state index is 0.0985. The first-order valence-electron chi connectivity index (χ1n) is 11.5. The fourth-order valence-corrected chi connectivity index (χ4v) is 6.02. The number of ether oxygens (including phenoxy) is 2. The van der Waals surface area contributed by atoms with Gasteiger partial charge in [0.25, 0.3) is 0 Å². The molecule has 4 aliphatic rings. The minimum Gasteiger partial charge on any atom is -0.461 e. The third kappa shape index (κ3) is 3.78. The van der Waals surface area contributed by atoms with Crippen LogP contribution in [0.15, 0.2) is 35.5 Å². The Morgan fingerprint density at radius 1 is 1.32 bits per heavy atom.